The van der Waals surface area contributed by atoms with Gasteiger partial charge in [-0.2, -0.15) is 5.26 Å². The lowest BCUT2D eigenvalue weighted by atomic mass is 9.84. The molecule has 1 unspecified atom stereocenters. The molecule has 6 heteroatoms. The van der Waals surface area contributed by atoms with Crippen molar-refractivity contribution in [1.82, 2.24) is 4.98 Å². The molecule has 0 saturated carbocycles. The first kappa shape index (κ1) is 12.5. The molecule has 1 aliphatic rings. The average Bonchev–Trinajstić information content (AvgIpc) is 2.81. The van der Waals surface area contributed by atoms with E-state index in [-0.39, 0.29) is 11.5 Å². The lowest BCUT2D eigenvalue weighted by Crippen LogP contribution is -2.21. The SMILES string of the molecule is Cc1ncsc1CCC1(C#N)CCS(=O)(=O)C1. The second-order valence-electron chi connectivity index (χ2n) is 4.60. The van der Waals surface area contributed by atoms with E-state index in [1.807, 2.05) is 6.92 Å². The Labute approximate surface area is 105 Å². The standard InChI is InChI=1S/C11H14N2O2S2/c1-9-10(16-8-13-9)2-3-11(6-12)4-5-17(14,15)7-11/h8H,2-5,7H2,1H3. The summed E-state index contributed by atoms with van der Waals surface area (Å²) in [5, 5.41) is 9.22. The third-order valence-electron chi connectivity index (χ3n) is 3.30. The Morgan fingerprint density at radius 3 is 2.88 bits per heavy atom. The molecule has 1 saturated heterocycles. The maximum Gasteiger partial charge on any atom is 0.151 e. The zero-order valence-corrected chi connectivity index (χ0v) is 11.3. The summed E-state index contributed by atoms with van der Waals surface area (Å²) in [6.07, 6.45) is 1.84. The molecule has 0 radical (unpaired) electrons. The van der Waals surface area contributed by atoms with Crippen molar-refractivity contribution in [2.45, 2.75) is 26.2 Å². The van der Waals surface area contributed by atoms with Crippen molar-refractivity contribution in [1.29, 1.82) is 5.26 Å². The fraction of sp³-hybridized carbons (Fsp3) is 0.636. The lowest BCUT2D eigenvalue weighted by Gasteiger charge is -2.17. The second-order valence-corrected chi connectivity index (χ2v) is 7.72. The highest BCUT2D eigenvalue weighted by Gasteiger charge is 2.42. The predicted molar refractivity (Wildman–Crippen MR) is 66.5 cm³/mol. The maximum absolute atomic E-state index is 11.5. The third kappa shape index (κ3) is 2.67. The molecule has 1 aromatic rings. The van der Waals surface area contributed by atoms with Crippen LogP contribution in [-0.4, -0.2) is 24.9 Å². The van der Waals surface area contributed by atoms with E-state index >= 15 is 0 Å². The number of rotatable bonds is 3. The van der Waals surface area contributed by atoms with Gasteiger partial charge in [0, 0.05) is 4.88 Å². The third-order valence-corrected chi connectivity index (χ3v) is 6.11. The van der Waals surface area contributed by atoms with E-state index in [2.05, 4.69) is 11.1 Å². The van der Waals surface area contributed by atoms with Crippen molar-refractivity contribution >= 4 is 21.2 Å². The molecule has 17 heavy (non-hydrogen) atoms. The summed E-state index contributed by atoms with van der Waals surface area (Å²) in [5.74, 6) is 0.177. The maximum atomic E-state index is 11.5. The van der Waals surface area contributed by atoms with E-state index in [1.54, 1.807) is 16.8 Å². The van der Waals surface area contributed by atoms with E-state index < -0.39 is 15.3 Å². The van der Waals surface area contributed by atoms with Gasteiger partial charge >= 0.3 is 0 Å². The minimum atomic E-state index is -3.00. The number of nitriles is 1. The van der Waals surface area contributed by atoms with Gasteiger partial charge in [-0.05, 0) is 26.2 Å². The molecule has 0 aliphatic carbocycles. The van der Waals surface area contributed by atoms with Crippen LogP contribution in [0.15, 0.2) is 5.51 Å². The van der Waals surface area contributed by atoms with Gasteiger partial charge in [-0.1, -0.05) is 0 Å². The monoisotopic (exact) mass is 270 g/mol. The first-order chi connectivity index (χ1) is 7.96. The number of thiazole rings is 1. The van der Waals surface area contributed by atoms with Crippen LogP contribution < -0.4 is 0 Å². The van der Waals surface area contributed by atoms with Crippen molar-refractivity contribution in [3.63, 3.8) is 0 Å². The number of aryl methyl sites for hydroxylation is 2. The topological polar surface area (TPSA) is 70.8 Å². The second kappa shape index (κ2) is 4.39. The van der Waals surface area contributed by atoms with Crippen LogP contribution in [-0.2, 0) is 16.3 Å². The van der Waals surface area contributed by atoms with Gasteiger partial charge < -0.3 is 0 Å². The van der Waals surface area contributed by atoms with E-state index in [1.165, 1.54) is 0 Å². The number of hydrogen-bond acceptors (Lipinski definition) is 5. The predicted octanol–water partition coefficient (Wildman–Crippen LogP) is 1.71. The van der Waals surface area contributed by atoms with Gasteiger partial charge in [-0.15, -0.1) is 11.3 Å². The number of aromatic nitrogens is 1. The number of sulfone groups is 1. The van der Waals surface area contributed by atoms with Crippen LogP contribution in [0.4, 0.5) is 0 Å². The summed E-state index contributed by atoms with van der Waals surface area (Å²) in [7, 11) is -3.00. The molecule has 0 spiro atoms. The van der Waals surface area contributed by atoms with Crippen LogP contribution >= 0.6 is 11.3 Å². The van der Waals surface area contributed by atoms with E-state index in [9.17, 15) is 13.7 Å². The minimum absolute atomic E-state index is 0.0222. The minimum Gasteiger partial charge on any atom is -0.250 e. The van der Waals surface area contributed by atoms with Crippen molar-refractivity contribution in [3.05, 3.63) is 16.1 Å². The van der Waals surface area contributed by atoms with Crippen LogP contribution in [0.5, 0.6) is 0 Å². The van der Waals surface area contributed by atoms with Gasteiger partial charge in [-0.25, -0.2) is 13.4 Å². The number of hydrogen-bond donors (Lipinski definition) is 0. The molecule has 0 N–H and O–H groups in total. The summed E-state index contributed by atoms with van der Waals surface area (Å²) >= 11 is 1.57. The van der Waals surface area contributed by atoms with Gasteiger partial charge in [0.05, 0.1) is 34.2 Å². The Balaban J connectivity index is 2.08. The van der Waals surface area contributed by atoms with Crippen molar-refractivity contribution in [2.24, 2.45) is 5.41 Å². The van der Waals surface area contributed by atoms with E-state index in [0.29, 0.717) is 12.8 Å². The molecule has 0 amide bonds. The first-order valence-electron chi connectivity index (χ1n) is 5.47. The Hall–Kier alpha value is -0.930. The molecular formula is C11H14N2O2S2. The molecule has 0 bridgehead atoms. The summed E-state index contributed by atoms with van der Waals surface area (Å²) < 4.78 is 22.9. The molecule has 92 valence electrons. The highest BCUT2D eigenvalue weighted by molar-refractivity contribution is 7.91. The molecule has 2 heterocycles. The molecule has 1 fully saturated rings. The molecule has 2 rings (SSSR count). The fourth-order valence-corrected chi connectivity index (χ4v) is 5.00. The van der Waals surface area contributed by atoms with Gasteiger partial charge in [0.25, 0.3) is 0 Å². The molecule has 4 nitrogen and oxygen atoms in total. The summed E-state index contributed by atoms with van der Waals surface area (Å²) in [5.41, 5.74) is 2.11. The summed E-state index contributed by atoms with van der Waals surface area (Å²) in [6, 6.07) is 2.22. The molecular weight excluding hydrogens is 256 g/mol. The lowest BCUT2D eigenvalue weighted by molar-refractivity contribution is 0.417. The quantitative estimate of drug-likeness (QED) is 0.838. The molecule has 1 aliphatic heterocycles. The summed E-state index contributed by atoms with van der Waals surface area (Å²) in [4.78, 5) is 5.31. The highest BCUT2D eigenvalue weighted by Crippen LogP contribution is 2.36. The van der Waals surface area contributed by atoms with Crippen LogP contribution in [0, 0.1) is 23.7 Å². The fourth-order valence-electron chi connectivity index (χ4n) is 2.18. The Morgan fingerprint density at radius 1 is 1.65 bits per heavy atom. The van der Waals surface area contributed by atoms with Crippen LogP contribution in [0.3, 0.4) is 0 Å². The van der Waals surface area contributed by atoms with E-state index in [0.717, 1.165) is 17.0 Å². The zero-order valence-electron chi connectivity index (χ0n) is 9.64. The molecule has 1 atom stereocenters. The Kier molecular flexibility index (Phi) is 3.23. The van der Waals surface area contributed by atoms with E-state index in [4.69, 9.17) is 0 Å². The molecule has 0 aromatic carbocycles. The summed E-state index contributed by atoms with van der Waals surface area (Å²) in [6.45, 7) is 1.94. The van der Waals surface area contributed by atoms with Gasteiger partial charge in [0.1, 0.15) is 0 Å². The van der Waals surface area contributed by atoms with Crippen molar-refractivity contribution in [2.75, 3.05) is 11.5 Å². The van der Waals surface area contributed by atoms with Gasteiger partial charge in [0.15, 0.2) is 9.84 Å². The smallest absolute Gasteiger partial charge is 0.151 e. The van der Waals surface area contributed by atoms with Gasteiger partial charge in [0.2, 0.25) is 0 Å². The van der Waals surface area contributed by atoms with Crippen LogP contribution in [0.1, 0.15) is 23.4 Å². The van der Waals surface area contributed by atoms with Crippen molar-refractivity contribution in [3.8, 4) is 6.07 Å². The normalized spacial score (nSPS) is 26.8. The Morgan fingerprint density at radius 2 is 2.41 bits per heavy atom. The average molecular weight is 270 g/mol. The van der Waals surface area contributed by atoms with Crippen molar-refractivity contribution < 1.29 is 8.42 Å². The molecule has 1 aromatic heterocycles. The Bertz CT molecular complexity index is 556. The van der Waals surface area contributed by atoms with Gasteiger partial charge in [-0.3, -0.25) is 0 Å². The van der Waals surface area contributed by atoms with Crippen LogP contribution in [0.2, 0.25) is 0 Å². The number of nitrogens with zero attached hydrogens (tertiary/aromatic N) is 2. The first-order valence-corrected chi connectivity index (χ1v) is 8.17. The van der Waals surface area contributed by atoms with Crippen LogP contribution in [0.25, 0.3) is 0 Å². The zero-order chi connectivity index (χ0) is 12.5. The largest absolute Gasteiger partial charge is 0.250 e. The highest BCUT2D eigenvalue weighted by atomic mass is 32.2.